The predicted molar refractivity (Wildman–Crippen MR) is 142 cm³/mol. The number of pyridine rings is 1. The number of phenolic OH excluding ortho intramolecular Hbond substituents is 2. The Labute approximate surface area is 214 Å². The van der Waals surface area contributed by atoms with Crippen LogP contribution in [-0.2, 0) is 6.54 Å². The zero-order valence-electron chi connectivity index (χ0n) is 20.0. The maximum atomic E-state index is 12.1. The molecule has 36 heavy (non-hydrogen) atoms. The number of amides is 2. The average Bonchev–Trinajstić information content (AvgIpc) is 2.86. The van der Waals surface area contributed by atoms with Crippen molar-refractivity contribution in [3.05, 3.63) is 58.7 Å². The van der Waals surface area contributed by atoms with Gasteiger partial charge in [0.1, 0.15) is 11.5 Å². The lowest BCUT2D eigenvalue weighted by Gasteiger charge is -2.32. The van der Waals surface area contributed by atoms with E-state index < -0.39 is 6.03 Å². The molecule has 0 radical (unpaired) electrons. The highest BCUT2D eigenvalue weighted by atomic mass is 35.5. The van der Waals surface area contributed by atoms with Crippen molar-refractivity contribution in [3.63, 3.8) is 0 Å². The first-order chi connectivity index (χ1) is 17.4. The molecule has 2 aromatic carbocycles. The highest BCUT2D eigenvalue weighted by Crippen LogP contribution is 2.31. The van der Waals surface area contributed by atoms with Crippen LogP contribution in [0.2, 0.25) is 5.02 Å². The summed E-state index contributed by atoms with van der Waals surface area (Å²) in [6.45, 7) is 4.88. The van der Waals surface area contributed by atoms with Gasteiger partial charge in [0.2, 0.25) is 0 Å². The summed E-state index contributed by atoms with van der Waals surface area (Å²) in [4.78, 5) is 20.8. The molecular weight excluding hydrogens is 482 g/mol. The van der Waals surface area contributed by atoms with Gasteiger partial charge in [0.25, 0.3) is 0 Å². The fourth-order valence-electron chi connectivity index (χ4n) is 3.98. The van der Waals surface area contributed by atoms with Gasteiger partial charge in [0.05, 0.1) is 17.3 Å². The lowest BCUT2D eigenvalue weighted by Crippen LogP contribution is -2.43. The van der Waals surface area contributed by atoms with Crippen molar-refractivity contribution in [2.24, 2.45) is 5.10 Å². The third kappa shape index (κ3) is 6.54. The van der Waals surface area contributed by atoms with Crippen LogP contribution in [0.5, 0.6) is 11.5 Å². The van der Waals surface area contributed by atoms with Crippen molar-refractivity contribution < 1.29 is 15.0 Å². The first-order valence-electron chi connectivity index (χ1n) is 11.7. The number of benzene rings is 2. The van der Waals surface area contributed by atoms with E-state index >= 15 is 0 Å². The van der Waals surface area contributed by atoms with Gasteiger partial charge in [-0.25, -0.2) is 10.2 Å². The number of aromatic nitrogens is 1. The lowest BCUT2D eigenvalue weighted by atomic mass is 10.1. The fraction of sp³-hybridized carbons (Fsp3) is 0.320. The molecule has 1 aromatic heterocycles. The van der Waals surface area contributed by atoms with Crippen LogP contribution < -0.4 is 16.1 Å². The van der Waals surface area contributed by atoms with E-state index in [-0.39, 0.29) is 11.5 Å². The Morgan fingerprint density at radius 2 is 1.94 bits per heavy atom. The van der Waals surface area contributed by atoms with Crippen LogP contribution in [0, 0.1) is 0 Å². The Morgan fingerprint density at radius 1 is 1.14 bits per heavy atom. The summed E-state index contributed by atoms with van der Waals surface area (Å²) in [7, 11) is 2.07. The number of fused-ring (bicyclic) bond motifs is 1. The van der Waals surface area contributed by atoms with E-state index in [0.717, 1.165) is 42.8 Å². The highest BCUT2D eigenvalue weighted by molar-refractivity contribution is 6.31. The molecule has 3 aromatic rings. The maximum Gasteiger partial charge on any atom is 0.335 e. The number of aromatic hydroxyl groups is 2. The molecule has 0 spiro atoms. The monoisotopic (exact) mass is 511 g/mol. The second-order valence-corrected chi connectivity index (χ2v) is 9.09. The van der Waals surface area contributed by atoms with Crippen LogP contribution in [0.1, 0.15) is 11.1 Å². The average molecular weight is 512 g/mol. The van der Waals surface area contributed by atoms with Crippen molar-refractivity contribution >= 4 is 40.4 Å². The van der Waals surface area contributed by atoms with Gasteiger partial charge in [-0.1, -0.05) is 11.6 Å². The molecule has 10 nitrogen and oxygen atoms in total. The second kappa shape index (κ2) is 11.9. The Balaban J connectivity index is 1.25. The number of halogens is 1. The Hall–Kier alpha value is -3.60. The van der Waals surface area contributed by atoms with Crippen LogP contribution in [0.15, 0.2) is 47.7 Å². The summed E-state index contributed by atoms with van der Waals surface area (Å²) in [6, 6.07) is 9.97. The molecular formula is C25H30ClN7O3. The first kappa shape index (κ1) is 25.5. The zero-order valence-corrected chi connectivity index (χ0v) is 20.8. The number of likely N-dealkylation sites (N-methyl/N-ethyl adjacent to an activating group) is 1. The number of nitrogens with one attached hydrogen (secondary N) is 3. The quantitative estimate of drug-likeness (QED) is 0.179. The van der Waals surface area contributed by atoms with Gasteiger partial charge >= 0.3 is 6.03 Å². The highest BCUT2D eigenvalue weighted by Gasteiger charge is 2.19. The third-order valence-corrected chi connectivity index (χ3v) is 6.30. The molecule has 0 unspecified atom stereocenters. The number of carbonyl (C=O) groups excluding carboxylic acids is 1. The molecule has 190 valence electrons. The van der Waals surface area contributed by atoms with Gasteiger partial charge in [0.15, 0.2) is 0 Å². The number of hydrogen-bond acceptors (Lipinski definition) is 8. The number of anilines is 1. The summed E-state index contributed by atoms with van der Waals surface area (Å²) in [5.41, 5.74) is 4.93. The molecule has 2 heterocycles. The smallest absolute Gasteiger partial charge is 0.335 e. The molecule has 0 atom stereocenters. The van der Waals surface area contributed by atoms with Gasteiger partial charge < -0.3 is 25.7 Å². The molecule has 0 aliphatic carbocycles. The van der Waals surface area contributed by atoms with Crippen molar-refractivity contribution in [1.82, 2.24) is 25.5 Å². The molecule has 1 aliphatic rings. The minimum Gasteiger partial charge on any atom is -0.507 e. The van der Waals surface area contributed by atoms with Crippen LogP contribution in [0.4, 0.5) is 10.5 Å². The predicted octanol–water partition coefficient (Wildman–Crippen LogP) is 2.79. The van der Waals surface area contributed by atoms with Gasteiger partial charge in [0, 0.05) is 73.7 Å². The van der Waals surface area contributed by atoms with E-state index in [1.54, 1.807) is 18.3 Å². The number of carbonyl (C=O) groups is 1. The molecule has 2 amide bonds. The summed E-state index contributed by atoms with van der Waals surface area (Å²) < 4.78 is 0. The summed E-state index contributed by atoms with van der Waals surface area (Å²) in [6.07, 6.45) is 3.06. The van der Waals surface area contributed by atoms with Gasteiger partial charge in [-0.2, -0.15) is 5.10 Å². The first-order valence-corrected chi connectivity index (χ1v) is 12.1. The van der Waals surface area contributed by atoms with Gasteiger partial charge in [-0.05, 0) is 43.4 Å². The number of nitrogens with zero attached hydrogens (tertiary/aromatic N) is 4. The number of piperazine rings is 1. The van der Waals surface area contributed by atoms with Crippen molar-refractivity contribution in [2.75, 3.05) is 51.6 Å². The van der Waals surface area contributed by atoms with Crippen LogP contribution in [-0.4, -0.2) is 83.6 Å². The maximum absolute atomic E-state index is 12.1. The van der Waals surface area contributed by atoms with E-state index in [1.807, 2.05) is 18.2 Å². The van der Waals surface area contributed by atoms with E-state index in [0.29, 0.717) is 35.8 Å². The molecule has 1 aliphatic heterocycles. The Morgan fingerprint density at radius 3 is 2.75 bits per heavy atom. The molecule has 0 bridgehead atoms. The molecule has 5 N–H and O–H groups in total. The zero-order chi connectivity index (χ0) is 25.5. The van der Waals surface area contributed by atoms with Crippen LogP contribution >= 0.6 is 11.6 Å². The second-order valence-electron chi connectivity index (χ2n) is 8.65. The molecule has 0 saturated carbocycles. The number of hydrazone groups is 1. The minimum absolute atomic E-state index is 0.0341. The van der Waals surface area contributed by atoms with Crippen molar-refractivity contribution in [2.45, 2.75) is 6.54 Å². The minimum atomic E-state index is -0.477. The summed E-state index contributed by atoms with van der Waals surface area (Å²) in [5.74, 6) is -0.0122. The molecule has 11 heteroatoms. The number of urea groups is 1. The summed E-state index contributed by atoms with van der Waals surface area (Å²) in [5, 5.41) is 32.4. The third-order valence-electron chi connectivity index (χ3n) is 6.07. The molecule has 4 rings (SSSR count). The summed E-state index contributed by atoms with van der Waals surface area (Å²) >= 11 is 6.03. The normalized spacial score (nSPS) is 14.8. The van der Waals surface area contributed by atoms with Gasteiger partial charge in [-0.15, -0.1) is 0 Å². The fourth-order valence-corrected chi connectivity index (χ4v) is 4.15. The Bertz CT molecular complexity index is 1250. The SMILES string of the molecule is CN1CCN(Cc2c(O)ccc(/C=N/NC(=O)NCCNc3ccnc4cc(Cl)ccc34)c2O)CC1. The van der Waals surface area contributed by atoms with Crippen molar-refractivity contribution in [1.29, 1.82) is 0 Å². The van der Waals surface area contributed by atoms with Crippen LogP contribution in [0.25, 0.3) is 10.9 Å². The largest absolute Gasteiger partial charge is 0.507 e. The standard InChI is InChI=1S/C25H30ClN7O3/c1-32-10-12-33(13-11-32)16-20-23(34)5-2-17(24(20)35)15-30-31-25(36)29-9-8-28-21-6-7-27-22-14-18(26)3-4-19(21)22/h2-7,14-15,34-35H,8-13,16H2,1H3,(H,27,28)(H2,29,31,36)/b30-15+. The van der Waals surface area contributed by atoms with E-state index in [4.69, 9.17) is 11.6 Å². The number of rotatable bonds is 8. The van der Waals surface area contributed by atoms with Crippen molar-refractivity contribution in [3.8, 4) is 11.5 Å². The van der Waals surface area contributed by atoms with Gasteiger partial charge in [-0.3, -0.25) is 9.88 Å². The van der Waals surface area contributed by atoms with Crippen LogP contribution in [0.3, 0.4) is 0 Å². The number of phenols is 2. The Kier molecular flexibility index (Phi) is 8.42. The molecule has 1 saturated heterocycles. The lowest BCUT2D eigenvalue weighted by molar-refractivity contribution is 0.146. The number of hydrogen-bond donors (Lipinski definition) is 5. The van der Waals surface area contributed by atoms with E-state index in [9.17, 15) is 15.0 Å². The van der Waals surface area contributed by atoms with E-state index in [2.05, 4.69) is 43.0 Å². The topological polar surface area (TPSA) is 125 Å². The molecule has 1 fully saturated rings. The van der Waals surface area contributed by atoms with E-state index in [1.165, 1.54) is 12.3 Å².